The Balaban J connectivity index is 2.44. The van der Waals surface area contributed by atoms with E-state index in [4.69, 9.17) is 5.73 Å². The summed E-state index contributed by atoms with van der Waals surface area (Å²) in [6.07, 6.45) is 0.885. The van der Waals surface area contributed by atoms with Gasteiger partial charge in [0.2, 0.25) is 5.91 Å². The van der Waals surface area contributed by atoms with Gasteiger partial charge in [0.25, 0.3) is 0 Å². The van der Waals surface area contributed by atoms with Gasteiger partial charge in [0, 0.05) is 34.2 Å². The van der Waals surface area contributed by atoms with Crippen LogP contribution in [0.1, 0.15) is 30.5 Å². The summed E-state index contributed by atoms with van der Waals surface area (Å²) in [6, 6.07) is 4.28. The first-order valence-corrected chi connectivity index (χ1v) is 6.83. The number of amides is 1. The zero-order valence-electron chi connectivity index (χ0n) is 11.0. The Kier molecular flexibility index (Phi) is 5.15. The molecule has 0 aliphatic heterocycles. The maximum Gasteiger partial charge on any atom is 0.224 e. The van der Waals surface area contributed by atoms with Crippen LogP contribution in [-0.4, -0.2) is 18.0 Å². The summed E-state index contributed by atoms with van der Waals surface area (Å²) in [6.45, 7) is 7.84. The van der Waals surface area contributed by atoms with Gasteiger partial charge in [-0.25, -0.2) is 0 Å². The topological polar surface area (TPSA) is 55.1 Å². The molecule has 3 nitrogen and oxygen atoms in total. The van der Waals surface area contributed by atoms with Crippen LogP contribution >= 0.6 is 11.3 Å². The minimum absolute atomic E-state index is 0.0424. The highest BCUT2D eigenvalue weighted by molar-refractivity contribution is 7.11. The van der Waals surface area contributed by atoms with Crippen LogP contribution in [0, 0.1) is 12.8 Å². The Labute approximate surface area is 107 Å². The molecule has 0 aromatic carbocycles. The molecule has 0 fully saturated rings. The predicted octanol–water partition coefficient (Wildman–Crippen LogP) is 2.09. The van der Waals surface area contributed by atoms with Crippen molar-refractivity contribution >= 4 is 17.2 Å². The van der Waals surface area contributed by atoms with Gasteiger partial charge in [-0.2, -0.15) is 0 Å². The largest absolute Gasteiger partial charge is 0.353 e. The molecule has 1 rings (SSSR count). The van der Waals surface area contributed by atoms with E-state index in [1.165, 1.54) is 9.75 Å². The number of nitrogens with one attached hydrogen (secondary N) is 1. The molecule has 0 aliphatic carbocycles. The van der Waals surface area contributed by atoms with Crippen molar-refractivity contribution < 1.29 is 4.79 Å². The molecule has 0 aliphatic rings. The first-order chi connectivity index (χ1) is 7.90. The van der Waals surface area contributed by atoms with E-state index in [1.54, 1.807) is 11.3 Å². The van der Waals surface area contributed by atoms with Crippen molar-refractivity contribution in [1.82, 2.24) is 5.32 Å². The monoisotopic (exact) mass is 254 g/mol. The molecule has 3 unspecified atom stereocenters. The van der Waals surface area contributed by atoms with Crippen molar-refractivity contribution in [1.29, 1.82) is 0 Å². The summed E-state index contributed by atoms with van der Waals surface area (Å²) in [5.41, 5.74) is 5.71. The van der Waals surface area contributed by atoms with Crippen LogP contribution in [-0.2, 0) is 11.2 Å². The molecule has 0 saturated heterocycles. The summed E-state index contributed by atoms with van der Waals surface area (Å²) in [7, 11) is 0. The molecule has 96 valence electrons. The lowest BCUT2D eigenvalue weighted by Gasteiger charge is -2.19. The van der Waals surface area contributed by atoms with Crippen LogP contribution in [0.5, 0.6) is 0 Å². The van der Waals surface area contributed by atoms with Gasteiger partial charge in [-0.15, -0.1) is 11.3 Å². The molecule has 0 radical (unpaired) electrons. The number of rotatable bonds is 5. The van der Waals surface area contributed by atoms with E-state index in [0.29, 0.717) is 0 Å². The van der Waals surface area contributed by atoms with Crippen molar-refractivity contribution in [3.63, 3.8) is 0 Å². The highest BCUT2D eigenvalue weighted by atomic mass is 32.1. The third-order valence-corrected chi connectivity index (χ3v) is 3.92. The molecule has 3 N–H and O–H groups in total. The van der Waals surface area contributed by atoms with Crippen LogP contribution in [0.3, 0.4) is 0 Å². The lowest BCUT2D eigenvalue weighted by atomic mass is 10.0. The number of carbonyl (C=O) groups is 1. The standard InChI is InChI=1S/C13H22N2OS/c1-8(7-12-6-5-9(2)17-12)15-13(16)10(3)11(4)14/h5-6,8,10-11H,7,14H2,1-4H3,(H,15,16). The van der Waals surface area contributed by atoms with E-state index in [1.807, 2.05) is 20.8 Å². The zero-order valence-corrected chi connectivity index (χ0v) is 11.8. The number of carbonyl (C=O) groups excluding carboxylic acids is 1. The van der Waals surface area contributed by atoms with E-state index >= 15 is 0 Å². The van der Waals surface area contributed by atoms with Crippen molar-refractivity contribution in [3.05, 3.63) is 21.9 Å². The molecule has 4 heteroatoms. The molecule has 0 saturated carbocycles. The summed E-state index contributed by atoms with van der Waals surface area (Å²) in [5, 5.41) is 3.01. The van der Waals surface area contributed by atoms with Gasteiger partial charge in [0.15, 0.2) is 0 Å². The molecule has 1 aromatic rings. The molecular formula is C13H22N2OS. The van der Waals surface area contributed by atoms with Gasteiger partial charge in [-0.05, 0) is 32.9 Å². The summed E-state index contributed by atoms with van der Waals surface area (Å²) < 4.78 is 0. The van der Waals surface area contributed by atoms with Gasteiger partial charge in [0.1, 0.15) is 0 Å². The van der Waals surface area contributed by atoms with Crippen molar-refractivity contribution in [2.45, 2.75) is 46.2 Å². The number of aryl methyl sites for hydroxylation is 1. The second kappa shape index (κ2) is 6.17. The smallest absolute Gasteiger partial charge is 0.224 e. The molecule has 0 spiro atoms. The molecule has 0 bridgehead atoms. The summed E-state index contributed by atoms with van der Waals surface area (Å²) in [5.74, 6) is -0.0942. The van der Waals surface area contributed by atoms with Gasteiger partial charge in [-0.3, -0.25) is 4.79 Å². The third kappa shape index (κ3) is 4.48. The Morgan fingerprint density at radius 1 is 1.41 bits per heavy atom. The van der Waals surface area contributed by atoms with Crippen molar-refractivity contribution in [3.8, 4) is 0 Å². The molecule has 1 amide bonds. The second-order valence-electron chi connectivity index (χ2n) is 4.77. The normalized spacial score (nSPS) is 16.3. The Morgan fingerprint density at radius 2 is 2.06 bits per heavy atom. The minimum Gasteiger partial charge on any atom is -0.353 e. The van der Waals surface area contributed by atoms with Crippen LogP contribution in [0.25, 0.3) is 0 Å². The number of thiophene rings is 1. The van der Waals surface area contributed by atoms with E-state index in [2.05, 4.69) is 24.4 Å². The fraction of sp³-hybridized carbons (Fsp3) is 0.615. The van der Waals surface area contributed by atoms with Gasteiger partial charge >= 0.3 is 0 Å². The third-order valence-electron chi connectivity index (χ3n) is 2.89. The van der Waals surface area contributed by atoms with Crippen LogP contribution in [0.2, 0.25) is 0 Å². The van der Waals surface area contributed by atoms with E-state index in [0.717, 1.165) is 6.42 Å². The predicted molar refractivity (Wildman–Crippen MR) is 73.2 cm³/mol. The molecule has 17 heavy (non-hydrogen) atoms. The lowest BCUT2D eigenvalue weighted by molar-refractivity contribution is -0.125. The number of hydrogen-bond acceptors (Lipinski definition) is 3. The quantitative estimate of drug-likeness (QED) is 0.845. The average Bonchev–Trinajstić information content (AvgIpc) is 2.62. The fourth-order valence-corrected chi connectivity index (χ4v) is 2.58. The van der Waals surface area contributed by atoms with Gasteiger partial charge in [-0.1, -0.05) is 6.92 Å². The van der Waals surface area contributed by atoms with Crippen molar-refractivity contribution in [2.75, 3.05) is 0 Å². The molecule has 1 heterocycles. The maximum absolute atomic E-state index is 11.8. The minimum atomic E-state index is -0.137. The maximum atomic E-state index is 11.8. The Bertz CT molecular complexity index is 373. The Morgan fingerprint density at radius 3 is 2.53 bits per heavy atom. The first-order valence-electron chi connectivity index (χ1n) is 6.01. The van der Waals surface area contributed by atoms with Gasteiger partial charge in [0.05, 0.1) is 0 Å². The zero-order chi connectivity index (χ0) is 13.0. The first kappa shape index (κ1) is 14.2. The lowest BCUT2D eigenvalue weighted by Crippen LogP contribution is -2.42. The molecule has 1 aromatic heterocycles. The van der Waals surface area contributed by atoms with Crippen LogP contribution in [0.15, 0.2) is 12.1 Å². The van der Waals surface area contributed by atoms with Crippen molar-refractivity contribution in [2.24, 2.45) is 11.7 Å². The highest BCUT2D eigenvalue weighted by Gasteiger charge is 2.18. The van der Waals surface area contributed by atoms with Crippen LogP contribution in [0.4, 0.5) is 0 Å². The molecule has 3 atom stereocenters. The highest BCUT2D eigenvalue weighted by Crippen LogP contribution is 2.16. The fourth-order valence-electron chi connectivity index (χ4n) is 1.56. The number of hydrogen-bond donors (Lipinski definition) is 2. The van der Waals surface area contributed by atoms with E-state index in [-0.39, 0.29) is 23.9 Å². The number of nitrogens with two attached hydrogens (primary N) is 1. The summed E-state index contributed by atoms with van der Waals surface area (Å²) in [4.78, 5) is 14.4. The Hall–Kier alpha value is -0.870. The SMILES string of the molecule is Cc1ccc(CC(C)NC(=O)C(C)C(C)N)s1. The van der Waals surface area contributed by atoms with E-state index in [9.17, 15) is 4.79 Å². The second-order valence-corrected chi connectivity index (χ2v) is 6.15. The van der Waals surface area contributed by atoms with Gasteiger partial charge < -0.3 is 11.1 Å². The summed E-state index contributed by atoms with van der Waals surface area (Å²) >= 11 is 1.78. The average molecular weight is 254 g/mol. The van der Waals surface area contributed by atoms with E-state index < -0.39 is 0 Å². The molecular weight excluding hydrogens is 232 g/mol. The van der Waals surface area contributed by atoms with Crippen LogP contribution < -0.4 is 11.1 Å².